The molecular formula is C12H18ClNO2. The Kier molecular flexibility index (Phi) is 7.81. The zero-order valence-electron chi connectivity index (χ0n) is 9.60. The van der Waals surface area contributed by atoms with Crippen LogP contribution in [0.5, 0.6) is 0 Å². The Morgan fingerprint density at radius 3 is 2.56 bits per heavy atom. The highest BCUT2D eigenvalue weighted by Gasteiger charge is 2.13. The van der Waals surface area contributed by atoms with Crippen molar-refractivity contribution in [1.82, 2.24) is 5.32 Å². The quantitative estimate of drug-likeness (QED) is 0.613. The predicted molar refractivity (Wildman–Crippen MR) is 67.4 cm³/mol. The minimum Gasteiger partial charge on any atom is -0.383 e. The molecule has 1 aromatic rings. The van der Waals surface area contributed by atoms with E-state index in [1.807, 2.05) is 37.3 Å². The number of ether oxygens (including phenoxy) is 1. The fourth-order valence-corrected chi connectivity index (χ4v) is 1.32. The summed E-state index contributed by atoms with van der Waals surface area (Å²) in [7, 11) is 1.64. The maximum absolute atomic E-state index is 11.8. The van der Waals surface area contributed by atoms with Crippen LogP contribution in [0, 0.1) is 0 Å². The predicted octanol–water partition coefficient (Wildman–Crippen LogP) is 1.92. The molecule has 0 saturated carbocycles. The molecule has 0 heterocycles. The number of carbonyl (C=O) groups is 1. The number of methoxy groups -OCH3 is 1. The third kappa shape index (κ3) is 4.75. The number of Topliss-reactive ketones (excluding diaryl/α,β-unsaturated/α-hetero) is 1. The Labute approximate surface area is 103 Å². The molecule has 0 aliphatic heterocycles. The number of nitrogens with one attached hydrogen (secondary N) is 1. The van der Waals surface area contributed by atoms with Gasteiger partial charge in [0.1, 0.15) is 0 Å². The third-order valence-corrected chi connectivity index (χ3v) is 2.21. The average Bonchev–Trinajstić information content (AvgIpc) is 2.29. The van der Waals surface area contributed by atoms with Gasteiger partial charge in [-0.05, 0) is 6.92 Å². The van der Waals surface area contributed by atoms with Crippen LogP contribution < -0.4 is 5.32 Å². The fourth-order valence-electron chi connectivity index (χ4n) is 1.32. The van der Waals surface area contributed by atoms with E-state index in [1.54, 1.807) is 7.11 Å². The van der Waals surface area contributed by atoms with Gasteiger partial charge in [-0.2, -0.15) is 0 Å². The summed E-state index contributed by atoms with van der Waals surface area (Å²) in [5, 5.41) is 3.11. The molecule has 4 heteroatoms. The summed E-state index contributed by atoms with van der Waals surface area (Å²) in [6.07, 6.45) is 0. The lowest BCUT2D eigenvalue weighted by molar-refractivity contribution is 0.0945. The zero-order valence-corrected chi connectivity index (χ0v) is 10.4. The molecule has 1 atom stereocenters. The summed E-state index contributed by atoms with van der Waals surface area (Å²) in [5.74, 6) is 0.117. The van der Waals surface area contributed by atoms with Crippen molar-refractivity contribution in [2.45, 2.75) is 13.0 Å². The van der Waals surface area contributed by atoms with E-state index in [4.69, 9.17) is 4.74 Å². The third-order valence-electron chi connectivity index (χ3n) is 2.21. The molecule has 90 valence electrons. The summed E-state index contributed by atoms with van der Waals surface area (Å²) in [6, 6.07) is 9.14. The van der Waals surface area contributed by atoms with Gasteiger partial charge in [0.25, 0.3) is 0 Å². The summed E-state index contributed by atoms with van der Waals surface area (Å²) in [4.78, 5) is 11.8. The van der Waals surface area contributed by atoms with Crippen molar-refractivity contribution in [3.63, 3.8) is 0 Å². The molecule has 0 amide bonds. The minimum atomic E-state index is -0.164. The van der Waals surface area contributed by atoms with E-state index in [2.05, 4.69) is 5.32 Å². The first kappa shape index (κ1) is 15.1. The van der Waals surface area contributed by atoms with Crippen LogP contribution in [-0.2, 0) is 4.74 Å². The topological polar surface area (TPSA) is 38.3 Å². The molecule has 1 unspecified atom stereocenters. The van der Waals surface area contributed by atoms with Gasteiger partial charge in [-0.15, -0.1) is 12.4 Å². The Bertz CT molecular complexity index is 303. The van der Waals surface area contributed by atoms with E-state index < -0.39 is 0 Å². The van der Waals surface area contributed by atoms with Crippen LogP contribution in [0.4, 0.5) is 0 Å². The lowest BCUT2D eigenvalue weighted by Crippen LogP contribution is -2.36. The summed E-state index contributed by atoms with van der Waals surface area (Å²) in [6.45, 7) is 3.17. The number of rotatable bonds is 6. The van der Waals surface area contributed by atoms with Gasteiger partial charge in [-0.1, -0.05) is 30.3 Å². The molecule has 16 heavy (non-hydrogen) atoms. The monoisotopic (exact) mass is 243 g/mol. The highest BCUT2D eigenvalue weighted by molar-refractivity contribution is 5.99. The SMILES string of the molecule is COCCNC(C)C(=O)c1ccccc1.Cl. The molecule has 1 rings (SSSR count). The van der Waals surface area contributed by atoms with Gasteiger partial charge in [0.05, 0.1) is 12.6 Å². The van der Waals surface area contributed by atoms with Crippen molar-refractivity contribution < 1.29 is 9.53 Å². The van der Waals surface area contributed by atoms with Crippen molar-refractivity contribution in [3.8, 4) is 0 Å². The van der Waals surface area contributed by atoms with Crippen LogP contribution in [0.25, 0.3) is 0 Å². The first-order valence-corrected chi connectivity index (χ1v) is 5.07. The standard InChI is InChI=1S/C12H17NO2.ClH/c1-10(13-8-9-15-2)12(14)11-6-4-3-5-7-11;/h3-7,10,13H,8-9H2,1-2H3;1H. The molecule has 0 aliphatic carbocycles. The molecule has 0 radical (unpaired) electrons. The van der Waals surface area contributed by atoms with Crippen LogP contribution in [0.15, 0.2) is 30.3 Å². The Morgan fingerprint density at radius 2 is 2.00 bits per heavy atom. The van der Waals surface area contributed by atoms with E-state index >= 15 is 0 Å². The van der Waals surface area contributed by atoms with Crippen LogP contribution in [0.3, 0.4) is 0 Å². The highest BCUT2D eigenvalue weighted by Crippen LogP contribution is 2.02. The summed E-state index contributed by atoms with van der Waals surface area (Å²) >= 11 is 0. The van der Waals surface area contributed by atoms with E-state index in [0.29, 0.717) is 13.2 Å². The van der Waals surface area contributed by atoms with Crippen molar-refractivity contribution in [1.29, 1.82) is 0 Å². The van der Waals surface area contributed by atoms with Crippen LogP contribution >= 0.6 is 12.4 Å². The van der Waals surface area contributed by atoms with Crippen molar-refractivity contribution in [2.24, 2.45) is 0 Å². The second-order valence-electron chi connectivity index (χ2n) is 3.40. The normalized spacial score (nSPS) is 11.6. The van der Waals surface area contributed by atoms with Crippen molar-refractivity contribution >= 4 is 18.2 Å². The van der Waals surface area contributed by atoms with Gasteiger partial charge < -0.3 is 10.1 Å². The van der Waals surface area contributed by atoms with Crippen molar-refractivity contribution in [3.05, 3.63) is 35.9 Å². The lowest BCUT2D eigenvalue weighted by Gasteiger charge is -2.12. The highest BCUT2D eigenvalue weighted by atomic mass is 35.5. The molecule has 1 aromatic carbocycles. The lowest BCUT2D eigenvalue weighted by atomic mass is 10.1. The molecule has 0 fully saturated rings. The molecule has 0 bridgehead atoms. The van der Waals surface area contributed by atoms with E-state index in [9.17, 15) is 4.79 Å². The number of halogens is 1. The largest absolute Gasteiger partial charge is 0.383 e. The Balaban J connectivity index is 0.00000225. The number of ketones is 1. The molecule has 0 aliphatic rings. The van der Waals surface area contributed by atoms with E-state index in [0.717, 1.165) is 5.56 Å². The van der Waals surface area contributed by atoms with E-state index in [-0.39, 0.29) is 24.2 Å². The molecule has 1 N–H and O–H groups in total. The number of hydrogen-bond acceptors (Lipinski definition) is 3. The zero-order chi connectivity index (χ0) is 11.1. The number of hydrogen-bond donors (Lipinski definition) is 1. The first-order valence-electron chi connectivity index (χ1n) is 5.07. The van der Waals surface area contributed by atoms with Gasteiger partial charge in [0, 0.05) is 19.2 Å². The van der Waals surface area contributed by atoms with Crippen LogP contribution in [0.2, 0.25) is 0 Å². The number of benzene rings is 1. The van der Waals surface area contributed by atoms with Crippen LogP contribution in [-0.4, -0.2) is 32.1 Å². The average molecular weight is 244 g/mol. The second-order valence-corrected chi connectivity index (χ2v) is 3.40. The first-order chi connectivity index (χ1) is 7.25. The minimum absolute atomic E-state index is 0. The Morgan fingerprint density at radius 1 is 1.38 bits per heavy atom. The molecule has 0 saturated heterocycles. The van der Waals surface area contributed by atoms with E-state index in [1.165, 1.54) is 0 Å². The van der Waals surface area contributed by atoms with Crippen LogP contribution in [0.1, 0.15) is 17.3 Å². The fraction of sp³-hybridized carbons (Fsp3) is 0.417. The maximum atomic E-state index is 11.8. The summed E-state index contributed by atoms with van der Waals surface area (Å²) in [5.41, 5.74) is 0.745. The second kappa shape index (κ2) is 8.28. The molecule has 0 spiro atoms. The maximum Gasteiger partial charge on any atom is 0.179 e. The molecule has 3 nitrogen and oxygen atoms in total. The molecule has 0 aromatic heterocycles. The Hall–Kier alpha value is -0.900. The van der Waals surface area contributed by atoms with Gasteiger partial charge >= 0.3 is 0 Å². The summed E-state index contributed by atoms with van der Waals surface area (Å²) < 4.78 is 4.90. The number of carbonyl (C=O) groups excluding carboxylic acids is 1. The van der Waals surface area contributed by atoms with Gasteiger partial charge in [0.15, 0.2) is 5.78 Å². The van der Waals surface area contributed by atoms with Gasteiger partial charge in [0.2, 0.25) is 0 Å². The smallest absolute Gasteiger partial charge is 0.179 e. The molecular weight excluding hydrogens is 226 g/mol. The van der Waals surface area contributed by atoms with Crippen molar-refractivity contribution in [2.75, 3.05) is 20.3 Å². The van der Waals surface area contributed by atoms with Gasteiger partial charge in [-0.3, -0.25) is 4.79 Å². The van der Waals surface area contributed by atoms with Gasteiger partial charge in [-0.25, -0.2) is 0 Å².